The highest BCUT2D eigenvalue weighted by Gasteiger charge is 2.69. The Hall–Kier alpha value is -4.32. The van der Waals surface area contributed by atoms with Crippen LogP contribution < -0.4 is 0 Å². The summed E-state index contributed by atoms with van der Waals surface area (Å²) in [4.78, 5) is 0. The van der Waals surface area contributed by atoms with E-state index in [2.05, 4.69) is 164 Å². The summed E-state index contributed by atoms with van der Waals surface area (Å²) in [5.74, 6) is 0. The average Bonchev–Trinajstić information content (AvgIpc) is 4.07. The summed E-state index contributed by atoms with van der Waals surface area (Å²) in [7, 11) is 0. The van der Waals surface area contributed by atoms with E-state index in [4.69, 9.17) is 0 Å². The Morgan fingerprint density at radius 2 is 0.444 bits per heavy atom. The van der Waals surface area contributed by atoms with Gasteiger partial charge in [0.2, 0.25) is 0 Å². The first-order valence-electron chi connectivity index (χ1n) is 19.1. The number of rotatable bonds is 8. The summed E-state index contributed by atoms with van der Waals surface area (Å²) in [6, 6.07) is 48.3. The Morgan fingerprint density at radius 3 is 0.611 bits per heavy atom. The summed E-state index contributed by atoms with van der Waals surface area (Å²) in [5.41, 5.74) is 16.9. The maximum Gasteiger partial charge on any atom is -0.00147 e. The van der Waals surface area contributed by atoms with E-state index < -0.39 is 0 Å². The van der Waals surface area contributed by atoms with Gasteiger partial charge in [-0.2, -0.15) is 45.3 Å². The molecule has 4 saturated carbocycles. The summed E-state index contributed by atoms with van der Waals surface area (Å²) < 4.78 is 0. The lowest BCUT2D eigenvalue weighted by Crippen LogP contribution is -2.67. The molecule has 4 aliphatic carbocycles. The molecule has 0 radical (unpaired) electrons. The normalized spacial score (nSPS) is 25.6. The maximum atomic E-state index is 2.51. The van der Waals surface area contributed by atoms with Gasteiger partial charge in [-0.3, -0.25) is 0 Å². The van der Waals surface area contributed by atoms with Crippen LogP contribution in [0.15, 0.2) is 164 Å². The van der Waals surface area contributed by atoms with E-state index in [1.807, 2.05) is 0 Å². The molecule has 4 heterocycles. The molecule has 264 valence electrons. The highest BCUT2D eigenvalue weighted by molar-refractivity contribution is 7.09. The highest BCUT2D eigenvalue weighted by atomic mass is 32.1. The van der Waals surface area contributed by atoms with Gasteiger partial charge in [0.1, 0.15) is 0 Å². The van der Waals surface area contributed by atoms with E-state index in [0.29, 0.717) is 0 Å². The lowest BCUT2D eigenvalue weighted by Gasteiger charge is -2.71. The molecule has 12 rings (SSSR count). The lowest BCUT2D eigenvalue weighted by atomic mass is 9.32. The van der Waals surface area contributed by atoms with Crippen LogP contribution in [0.1, 0.15) is 60.8 Å². The number of thiophene rings is 4. The quantitative estimate of drug-likeness (QED) is 0.144. The van der Waals surface area contributed by atoms with Crippen LogP contribution in [-0.4, -0.2) is 0 Å². The van der Waals surface area contributed by atoms with Crippen molar-refractivity contribution >= 4 is 45.3 Å². The van der Waals surface area contributed by atoms with Crippen LogP contribution >= 0.6 is 45.3 Å². The van der Waals surface area contributed by atoms with Gasteiger partial charge in [0.15, 0.2) is 0 Å². The standard InChI is InChI=1S/C50H40S4/c1-9-43(10-2-35(1)39-17-21-51-25-39)47-29-48(44-11-3-36(4-12-44)40-18-22-52-26-40)32-49(30-47,45-13-5-37(6-14-45)41-19-23-53-27-41)34-50(31-47,33-48)46-15-7-38(8-16-46)42-20-24-54-28-42/h1-28H,29-34H2. The second kappa shape index (κ2) is 12.6. The molecule has 0 unspecified atom stereocenters. The van der Waals surface area contributed by atoms with Gasteiger partial charge < -0.3 is 0 Å². The molecular weight excluding hydrogens is 729 g/mol. The van der Waals surface area contributed by atoms with Gasteiger partial charge in [0.25, 0.3) is 0 Å². The second-order valence-corrected chi connectivity index (χ2v) is 19.7. The SMILES string of the molecule is c1cc(-c2ccc(C34CC5(c6ccc(-c7ccsc7)cc6)CC(c6ccc(-c7ccsc7)cc6)(C3)CC(c3ccc(-c6ccsc6)cc3)(C4)C5)cc2)cs1. The molecule has 0 saturated heterocycles. The van der Waals surface area contributed by atoms with E-state index in [0.717, 1.165) is 0 Å². The molecule has 0 N–H and O–H groups in total. The fraction of sp³-hybridized carbons (Fsp3) is 0.200. The molecule has 4 aliphatic rings. The van der Waals surface area contributed by atoms with Crippen LogP contribution in [0.25, 0.3) is 44.5 Å². The molecule has 0 atom stereocenters. The van der Waals surface area contributed by atoms with Crippen molar-refractivity contribution in [1.82, 2.24) is 0 Å². The zero-order chi connectivity index (χ0) is 35.8. The van der Waals surface area contributed by atoms with E-state index >= 15 is 0 Å². The molecule has 4 bridgehead atoms. The first-order chi connectivity index (χ1) is 26.5. The van der Waals surface area contributed by atoms with Gasteiger partial charge in [-0.25, -0.2) is 0 Å². The van der Waals surface area contributed by atoms with Crippen LogP contribution in [0.5, 0.6) is 0 Å². The maximum absolute atomic E-state index is 2.51. The molecule has 54 heavy (non-hydrogen) atoms. The number of benzene rings is 4. The van der Waals surface area contributed by atoms with Crippen molar-refractivity contribution in [2.24, 2.45) is 0 Å². The fourth-order valence-electron chi connectivity index (χ4n) is 11.6. The first kappa shape index (κ1) is 33.1. The Balaban J connectivity index is 1.10. The second-order valence-electron chi connectivity index (χ2n) is 16.5. The summed E-state index contributed by atoms with van der Waals surface area (Å²) in [6.07, 6.45) is 7.16. The molecule has 0 nitrogen and oxygen atoms in total. The topological polar surface area (TPSA) is 0 Å². The predicted octanol–water partition coefficient (Wildman–Crippen LogP) is 15.0. The van der Waals surface area contributed by atoms with Crippen LogP contribution in [0, 0.1) is 0 Å². The zero-order valence-electron chi connectivity index (χ0n) is 30.0. The molecule has 0 amide bonds. The number of hydrogen-bond acceptors (Lipinski definition) is 4. The Kier molecular flexibility index (Phi) is 7.72. The summed E-state index contributed by atoms with van der Waals surface area (Å²) in [6.45, 7) is 0. The van der Waals surface area contributed by atoms with Gasteiger partial charge >= 0.3 is 0 Å². The van der Waals surface area contributed by atoms with Crippen molar-refractivity contribution in [3.8, 4) is 44.5 Å². The van der Waals surface area contributed by atoms with Crippen LogP contribution in [-0.2, 0) is 21.7 Å². The Morgan fingerprint density at radius 1 is 0.241 bits per heavy atom. The molecule has 8 aromatic rings. The third-order valence-corrected chi connectivity index (χ3v) is 16.2. The predicted molar refractivity (Wildman–Crippen MR) is 233 cm³/mol. The van der Waals surface area contributed by atoms with Crippen LogP contribution in [0.3, 0.4) is 0 Å². The zero-order valence-corrected chi connectivity index (χ0v) is 33.3. The van der Waals surface area contributed by atoms with Gasteiger partial charge in [0, 0.05) is 0 Å². The monoisotopic (exact) mass is 768 g/mol. The van der Waals surface area contributed by atoms with Crippen molar-refractivity contribution in [1.29, 1.82) is 0 Å². The van der Waals surface area contributed by atoms with Crippen molar-refractivity contribution in [3.63, 3.8) is 0 Å². The lowest BCUT2D eigenvalue weighted by molar-refractivity contribution is -0.0691. The fourth-order valence-corrected chi connectivity index (χ4v) is 14.3. The van der Waals surface area contributed by atoms with E-state index in [1.165, 1.54) is 105 Å². The molecular formula is C50H40S4. The van der Waals surface area contributed by atoms with Crippen LogP contribution in [0.4, 0.5) is 0 Å². The Bertz CT molecular complexity index is 2100. The molecule has 4 aromatic carbocycles. The van der Waals surface area contributed by atoms with Gasteiger partial charge in [-0.1, -0.05) is 97.1 Å². The molecule has 4 fully saturated rings. The molecule has 0 spiro atoms. The van der Waals surface area contributed by atoms with E-state index in [-0.39, 0.29) is 21.7 Å². The van der Waals surface area contributed by atoms with Gasteiger partial charge in [-0.05, 0) is 194 Å². The Labute approximate surface area is 334 Å². The summed E-state index contributed by atoms with van der Waals surface area (Å²) >= 11 is 7.12. The van der Waals surface area contributed by atoms with Gasteiger partial charge in [0.05, 0.1) is 0 Å². The smallest absolute Gasteiger partial charge is 0.00147 e. The third kappa shape index (κ3) is 5.33. The molecule has 0 aliphatic heterocycles. The summed E-state index contributed by atoms with van der Waals surface area (Å²) in [5, 5.41) is 17.9. The van der Waals surface area contributed by atoms with Crippen molar-refractivity contribution in [2.45, 2.75) is 60.2 Å². The van der Waals surface area contributed by atoms with Crippen molar-refractivity contribution in [3.05, 3.63) is 187 Å². The van der Waals surface area contributed by atoms with Crippen molar-refractivity contribution < 1.29 is 0 Å². The molecule has 4 heteroatoms. The minimum atomic E-state index is 0.0476. The van der Waals surface area contributed by atoms with Crippen molar-refractivity contribution in [2.75, 3.05) is 0 Å². The largest absolute Gasteiger partial charge is 0.152 e. The van der Waals surface area contributed by atoms with Gasteiger partial charge in [-0.15, -0.1) is 0 Å². The minimum absolute atomic E-state index is 0.0476. The van der Waals surface area contributed by atoms with Crippen LogP contribution in [0.2, 0.25) is 0 Å². The van der Waals surface area contributed by atoms with E-state index in [9.17, 15) is 0 Å². The minimum Gasteiger partial charge on any atom is -0.152 e. The average molecular weight is 769 g/mol. The highest BCUT2D eigenvalue weighted by Crippen LogP contribution is 2.75. The first-order valence-corrected chi connectivity index (χ1v) is 22.8. The van der Waals surface area contributed by atoms with E-state index in [1.54, 1.807) is 45.3 Å². The third-order valence-electron chi connectivity index (χ3n) is 13.5. The molecule has 4 aromatic heterocycles. The number of hydrogen-bond donors (Lipinski definition) is 0.